The fourth-order valence-corrected chi connectivity index (χ4v) is 0.877. The summed E-state index contributed by atoms with van der Waals surface area (Å²) in [4.78, 5) is 16.5. The normalized spacial score (nSPS) is 9.40. The van der Waals surface area contributed by atoms with Gasteiger partial charge in [-0.2, -0.15) is 4.98 Å². The first-order valence-corrected chi connectivity index (χ1v) is 3.32. The fourth-order valence-electron chi connectivity index (χ4n) is 0.512. The third-order valence-electron chi connectivity index (χ3n) is 0.897. The molecule has 0 amide bonds. The van der Waals surface area contributed by atoms with Crippen molar-refractivity contribution in [3.05, 3.63) is 21.2 Å². The molecular formula is C5H5BrN2O2. The summed E-state index contributed by atoms with van der Waals surface area (Å²) in [5.74, 6) is 0.302. The van der Waals surface area contributed by atoms with Gasteiger partial charge in [-0.1, -0.05) is 0 Å². The molecule has 0 aliphatic rings. The van der Waals surface area contributed by atoms with Gasteiger partial charge in [0.2, 0.25) is 5.88 Å². The summed E-state index contributed by atoms with van der Waals surface area (Å²) in [6.45, 7) is 0. The first kappa shape index (κ1) is 7.27. The van der Waals surface area contributed by atoms with E-state index in [-0.39, 0.29) is 0 Å². The van der Waals surface area contributed by atoms with E-state index < -0.39 is 5.69 Å². The topological polar surface area (TPSA) is 55.0 Å². The van der Waals surface area contributed by atoms with Gasteiger partial charge >= 0.3 is 5.69 Å². The van der Waals surface area contributed by atoms with Crippen molar-refractivity contribution < 1.29 is 4.74 Å². The van der Waals surface area contributed by atoms with Gasteiger partial charge in [-0.3, -0.25) is 4.98 Å². The summed E-state index contributed by atoms with van der Waals surface area (Å²) in [5, 5.41) is 0. The van der Waals surface area contributed by atoms with Crippen LogP contribution in [0.4, 0.5) is 0 Å². The van der Waals surface area contributed by atoms with Crippen molar-refractivity contribution in [2.45, 2.75) is 0 Å². The minimum absolute atomic E-state index is 0.302. The molecule has 1 heterocycles. The Balaban J connectivity index is 3.19. The maximum absolute atomic E-state index is 10.6. The number of nitrogens with zero attached hydrogens (tertiary/aromatic N) is 1. The number of methoxy groups -OCH3 is 1. The molecule has 10 heavy (non-hydrogen) atoms. The van der Waals surface area contributed by atoms with Crippen molar-refractivity contribution in [2.75, 3.05) is 7.11 Å². The highest BCUT2D eigenvalue weighted by molar-refractivity contribution is 9.10. The van der Waals surface area contributed by atoms with E-state index in [0.717, 1.165) is 0 Å². The average molecular weight is 205 g/mol. The Hall–Kier alpha value is -0.840. The van der Waals surface area contributed by atoms with E-state index in [4.69, 9.17) is 4.74 Å². The quantitative estimate of drug-likeness (QED) is 0.680. The third-order valence-corrected chi connectivity index (χ3v) is 1.32. The summed E-state index contributed by atoms with van der Waals surface area (Å²) in [6.07, 6.45) is 0. The molecule has 54 valence electrons. The van der Waals surface area contributed by atoms with E-state index in [0.29, 0.717) is 10.5 Å². The zero-order valence-electron chi connectivity index (χ0n) is 5.22. The van der Waals surface area contributed by atoms with Crippen molar-refractivity contribution in [3.8, 4) is 5.88 Å². The van der Waals surface area contributed by atoms with E-state index in [1.54, 1.807) is 6.07 Å². The van der Waals surface area contributed by atoms with Crippen LogP contribution < -0.4 is 10.4 Å². The predicted octanol–water partition coefficient (Wildman–Crippen LogP) is 0.541. The molecule has 0 radical (unpaired) electrons. The van der Waals surface area contributed by atoms with Crippen LogP contribution in [0.15, 0.2) is 15.5 Å². The van der Waals surface area contributed by atoms with Crippen LogP contribution in [0.2, 0.25) is 0 Å². The second kappa shape index (κ2) is 2.83. The van der Waals surface area contributed by atoms with Crippen molar-refractivity contribution in [3.63, 3.8) is 0 Å². The van der Waals surface area contributed by atoms with Crippen LogP contribution in [0.5, 0.6) is 5.88 Å². The summed E-state index contributed by atoms with van der Waals surface area (Å²) < 4.78 is 5.27. The van der Waals surface area contributed by atoms with Crippen LogP contribution in [0.3, 0.4) is 0 Å². The SMILES string of the molecule is COc1cc(Br)[nH]c(=O)n1. The standard InChI is InChI=1S/C5H5BrN2O2/c1-10-4-2-3(6)7-5(9)8-4/h2H,1H3,(H,7,8,9). The number of nitrogens with one attached hydrogen (secondary N) is 1. The van der Waals surface area contributed by atoms with Gasteiger partial charge in [-0.15, -0.1) is 0 Å². The number of ether oxygens (including phenoxy) is 1. The van der Waals surface area contributed by atoms with Crippen molar-refractivity contribution >= 4 is 15.9 Å². The highest BCUT2D eigenvalue weighted by Crippen LogP contribution is 2.08. The predicted molar refractivity (Wildman–Crippen MR) is 39.1 cm³/mol. The summed E-state index contributed by atoms with van der Waals surface area (Å²) in [6, 6.07) is 1.57. The van der Waals surface area contributed by atoms with Gasteiger partial charge in [0.25, 0.3) is 0 Å². The Labute approximate surface area is 65.4 Å². The average Bonchev–Trinajstić information content (AvgIpc) is 1.85. The third kappa shape index (κ3) is 1.57. The Morgan fingerprint density at radius 3 is 3.00 bits per heavy atom. The van der Waals surface area contributed by atoms with Crippen LogP contribution in [-0.2, 0) is 0 Å². The number of aromatic nitrogens is 2. The molecule has 0 saturated carbocycles. The molecule has 0 aliphatic heterocycles. The lowest BCUT2D eigenvalue weighted by Gasteiger charge is -1.95. The lowest BCUT2D eigenvalue weighted by Crippen LogP contribution is -2.10. The van der Waals surface area contributed by atoms with Crippen LogP contribution in [0.1, 0.15) is 0 Å². The number of hydrogen-bond donors (Lipinski definition) is 1. The number of aromatic amines is 1. The monoisotopic (exact) mass is 204 g/mol. The molecule has 0 atom stereocenters. The summed E-state index contributed by atoms with van der Waals surface area (Å²) in [7, 11) is 1.45. The molecule has 0 unspecified atom stereocenters. The number of H-pyrrole nitrogens is 1. The first-order chi connectivity index (χ1) is 4.72. The molecule has 4 nitrogen and oxygen atoms in total. The molecule has 0 bridgehead atoms. The number of halogens is 1. The van der Waals surface area contributed by atoms with Gasteiger partial charge in [0, 0.05) is 6.07 Å². The lowest BCUT2D eigenvalue weighted by molar-refractivity contribution is 0.394. The van der Waals surface area contributed by atoms with E-state index in [1.807, 2.05) is 0 Å². The van der Waals surface area contributed by atoms with E-state index in [9.17, 15) is 4.79 Å². The molecule has 1 aromatic heterocycles. The zero-order valence-corrected chi connectivity index (χ0v) is 6.81. The van der Waals surface area contributed by atoms with Gasteiger partial charge in [-0.25, -0.2) is 4.79 Å². The maximum Gasteiger partial charge on any atom is 0.349 e. The van der Waals surface area contributed by atoms with Crippen LogP contribution in [-0.4, -0.2) is 17.1 Å². The lowest BCUT2D eigenvalue weighted by atomic mass is 10.6. The van der Waals surface area contributed by atoms with Crippen molar-refractivity contribution in [1.29, 1.82) is 0 Å². The Morgan fingerprint density at radius 2 is 2.50 bits per heavy atom. The molecule has 0 aromatic carbocycles. The molecule has 1 rings (SSSR count). The van der Waals surface area contributed by atoms with Gasteiger partial charge in [0.05, 0.1) is 11.7 Å². The highest BCUT2D eigenvalue weighted by atomic mass is 79.9. The largest absolute Gasteiger partial charge is 0.481 e. The second-order valence-corrected chi connectivity index (χ2v) is 2.43. The highest BCUT2D eigenvalue weighted by Gasteiger charge is 1.95. The van der Waals surface area contributed by atoms with Crippen molar-refractivity contribution in [2.24, 2.45) is 0 Å². The van der Waals surface area contributed by atoms with Crippen molar-refractivity contribution in [1.82, 2.24) is 9.97 Å². The smallest absolute Gasteiger partial charge is 0.349 e. The van der Waals surface area contributed by atoms with Gasteiger partial charge in [0.15, 0.2) is 0 Å². The Kier molecular flexibility index (Phi) is 2.06. The molecule has 5 heteroatoms. The minimum Gasteiger partial charge on any atom is -0.481 e. The molecular weight excluding hydrogens is 200 g/mol. The van der Waals surface area contributed by atoms with E-state index in [2.05, 4.69) is 25.9 Å². The molecule has 0 spiro atoms. The molecule has 0 aliphatic carbocycles. The molecule has 1 N–H and O–H groups in total. The molecule has 0 fully saturated rings. The molecule has 1 aromatic rings. The minimum atomic E-state index is -0.425. The number of rotatable bonds is 1. The van der Waals surface area contributed by atoms with E-state index >= 15 is 0 Å². The number of hydrogen-bond acceptors (Lipinski definition) is 3. The van der Waals surface area contributed by atoms with Gasteiger partial charge in [0.1, 0.15) is 0 Å². The first-order valence-electron chi connectivity index (χ1n) is 2.53. The fraction of sp³-hybridized carbons (Fsp3) is 0.200. The zero-order chi connectivity index (χ0) is 7.56. The van der Waals surface area contributed by atoms with Gasteiger partial charge < -0.3 is 4.74 Å². The van der Waals surface area contributed by atoms with Crippen LogP contribution in [0.25, 0.3) is 0 Å². The van der Waals surface area contributed by atoms with E-state index in [1.165, 1.54) is 7.11 Å². The second-order valence-electron chi connectivity index (χ2n) is 1.58. The Bertz CT molecular complexity index is 283. The summed E-state index contributed by atoms with van der Waals surface area (Å²) in [5.41, 5.74) is -0.425. The maximum atomic E-state index is 10.6. The Morgan fingerprint density at radius 1 is 1.80 bits per heavy atom. The van der Waals surface area contributed by atoms with Crippen LogP contribution in [0, 0.1) is 0 Å². The van der Waals surface area contributed by atoms with Gasteiger partial charge in [-0.05, 0) is 15.9 Å². The molecule has 0 saturated heterocycles. The van der Waals surface area contributed by atoms with Crippen LogP contribution >= 0.6 is 15.9 Å². The summed E-state index contributed by atoms with van der Waals surface area (Å²) >= 11 is 3.08.